The van der Waals surface area contributed by atoms with E-state index in [2.05, 4.69) is 10.6 Å². The maximum Gasteiger partial charge on any atom is 0.276 e. The molecule has 158 valence electrons. The number of nitrogens with zero attached hydrogens (tertiary/aromatic N) is 2. The fourth-order valence-electron chi connectivity index (χ4n) is 3.25. The van der Waals surface area contributed by atoms with E-state index in [4.69, 9.17) is 4.74 Å². The Balaban J connectivity index is 1.72. The lowest BCUT2D eigenvalue weighted by molar-refractivity contribution is -0.141. The fraction of sp³-hybridized carbons (Fsp3) is 0.364. The van der Waals surface area contributed by atoms with E-state index in [1.54, 1.807) is 19.1 Å². The van der Waals surface area contributed by atoms with Crippen LogP contribution in [0.2, 0.25) is 0 Å². The van der Waals surface area contributed by atoms with E-state index in [1.807, 2.05) is 51.1 Å². The molecule has 2 atom stereocenters. The summed E-state index contributed by atoms with van der Waals surface area (Å²) in [6.07, 6.45) is 0. The van der Waals surface area contributed by atoms with Crippen LogP contribution in [0.5, 0.6) is 5.75 Å². The molecule has 2 amide bonds. The number of hydrogen-bond acceptors (Lipinski definition) is 6. The number of nitrogens with one attached hydrogen (secondary N) is 1. The van der Waals surface area contributed by atoms with Gasteiger partial charge in [0.1, 0.15) is 16.8 Å². The second-order valence-electron chi connectivity index (χ2n) is 7.50. The molecule has 2 aromatic rings. The molecule has 1 aliphatic rings. The summed E-state index contributed by atoms with van der Waals surface area (Å²) in [7, 11) is 0. The van der Waals surface area contributed by atoms with Gasteiger partial charge in [0.25, 0.3) is 11.8 Å². The van der Waals surface area contributed by atoms with Gasteiger partial charge in [-0.15, -0.1) is 16.7 Å². The highest BCUT2D eigenvalue weighted by atomic mass is 32.2. The number of carbonyl (C=O) groups excluding carboxylic acids is 2. The van der Waals surface area contributed by atoms with Crippen LogP contribution in [-0.2, 0) is 9.59 Å². The SMILES string of the molecule is Cc1cc(OCC(=O)NN2C(=O)C(C)SC2c2ccccc2)c(C(C)C)cc1N=O. The van der Waals surface area contributed by atoms with Gasteiger partial charge in [0.05, 0.1) is 5.25 Å². The minimum atomic E-state index is -0.427. The molecule has 3 rings (SSSR count). The van der Waals surface area contributed by atoms with Gasteiger partial charge >= 0.3 is 0 Å². The molecule has 0 saturated carbocycles. The van der Waals surface area contributed by atoms with Crippen molar-refractivity contribution in [2.75, 3.05) is 6.61 Å². The van der Waals surface area contributed by atoms with E-state index in [1.165, 1.54) is 16.8 Å². The predicted molar refractivity (Wildman–Crippen MR) is 117 cm³/mol. The molecule has 2 aromatic carbocycles. The molecule has 1 heterocycles. The Hall–Kier alpha value is -2.87. The van der Waals surface area contributed by atoms with Gasteiger partial charge in [-0.1, -0.05) is 44.2 Å². The van der Waals surface area contributed by atoms with Gasteiger partial charge in [-0.3, -0.25) is 15.0 Å². The van der Waals surface area contributed by atoms with Crippen molar-refractivity contribution >= 4 is 29.3 Å². The average Bonchev–Trinajstić information content (AvgIpc) is 3.01. The molecule has 1 aliphatic heterocycles. The Morgan fingerprint density at radius 3 is 2.60 bits per heavy atom. The molecule has 1 N–H and O–H groups in total. The number of hydrazine groups is 1. The second-order valence-corrected chi connectivity index (χ2v) is 8.92. The lowest BCUT2D eigenvalue weighted by Gasteiger charge is -2.24. The lowest BCUT2D eigenvalue weighted by Crippen LogP contribution is -2.47. The Kier molecular flexibility index (Phi) is 6.77. The third kappa shape index (κ3) is 4.64. The van der Waals surface area contributed by atoms with E-state index in [-0.39, 0.29) is 29.1 Å². The van der Waals surface area contributed by atoms with E-state index in [9.17, 15) is 14.5 Å². The molecule has 8 heteroatoms. The number of thioether (sulfide) groups is 1. The van der Waals surface area contributed by atoms with Crippen LogP contribution in [0.25, 0.3) is 0 Å². The third-order valence-corrected chi connectivity index (χ3v) is 6.24. The first-order valence-electron chi connectivity index (χ1n) is 9.75. The number of ether oxygens (including phenoxy) is 1. The van der Waals surface area contributed by atoms with Crippen LogP contribution in [-0.4, -0.2) is 28.7 Å². The first kappa shape index (κ1) is 21.8. The zero-order valence-corrected chi connectivity index (χ0v) is 18.2. The van der Waals surface area contributed by atoms with Crippen molar-refractivity contribution < 1.29 is 14.3 Å². The molecular formula is C22H25N3O4S. The summed E-state index contributed by atoms with van der Waals surface area (Å²) in [6.45, 7) is 7.28. The Labute approximate surface area is 180 Å². The minimum Gasteiger partial charge on any atom is -0.483 e. The molecule has 0 aliphatic carbocycles. The van der Waals surface area contributed by atoms with Gasteiger partial charge in [0.2, 0.25) is 0 Å². The number of nitroso groups, excluding NO2 is 1. The zero-order chi connectivity index (χ0) is 21.8. The van der Waals surface area contributed by atoms with Crippen LogP contribution < -0.4 is 10.2 Å². The van der Waals surface area contributed by atoms with Gasteiger partial charge in [0.15, 0.2) is 6.61 Å². The number of rotatable bonds is 7. The first-order valence-corrected chi connectivity index (χ1v) is 10.7. The van der Waals surface area contributed by atoms with Crippen LogP contribution in [0.3, 0.4) is 0 Å². The highest BCUT2D eigenvalue weighted by Gasteiger charge is 2.39. The van der Waals surface area contributed by atoms with Crippen molar-refractivity contribution in [3.8, 4) is 5.75 Å². The van der Waals surface area contributed by atoms with E-state index < -0.39 is 5.91 Å². The monoisotopic (exact) mass is 427 g/mol. The van der Waals surface area contributed by atoms with Crippen molar-refractivity contribution in [3.05, 3.63) is 64.1 Å². The number of benzene rings is 2. The topological polar surface area (TPSA) is 88.1 Å². The van der Waals surface area contributed by atoms with E-state index >= 15 is 0 Å². The van der Waals surface area contributed by atoms with Gasteiger partial charge < -0.3 is 4.74 Å². The molecule has 0 radical (unpaired) electrons. The fourth-order valence-corrected chi connectivity index (χ4v) is 4.46. The zero-order valence-electron chi connectivity index (χ0n) is 17.4. The highest BCUT2D eigenvalue weighted by molar-refractivity contribution is 8.01. The molecule has 0 bridgehead atoms. The Bertz CT molecular complexity index is 949. The average molecular weight is 428 g/mol. The van der Waals surface area contributed by atoms with E-state index in [0.717, 1.165) is 11.1 Å². The summed E-state index contributed by atoms with van der Waals surface area (Å²) >= 11 is 1.48. The van der Waals surface area contributed by atoms with Crippen LogP contribution in [0, 0.1) is 11.8 Å². The first-order chi connectivity index (χ1) is 14.3. The summed E-state index contributed by atoms with van der Waals surface area (Å²) in [5, 5.41) is 3.88. The smallest absolute Gasteiger partial charge is 0.276 e. The molecule has 0 spiro atoms. The summed E-state index contributed by atoms with van der Waals surface area (Å²) in [4.78, 5) is 36.1. The number of aryl methyl sites for hydroxylation is 1. The van der Waals surface area contributed by atoms with Crippen molar-refractivity contribution in [1.82, 2.24) is 10.4 Å². The van der Waals surface area contributed by atoms with Crippen LogP contribution in [0.4, 0.5) is 5.69 Å². The van der Waals surface area contributed by atoms with Crippen molar-refractivity contribution in [2.45, 2.75) is 44.2 Å². The maximum atomic E-state index is 12.6. The van der Waals surface area contributed by atoms with Gasteiger partial charge in [-0.2, -0.15) is 0 Å². The quantitative estimate of drug-likeness (QED) is 0.653. The molecule has 0 aromatic heterocycles. The van der Waals surface area contributed by atoms with Gasteiger partial charge in [-0.25, -0.2) is 5.01 Å². The summed E-state index contributed by atoms with van der Waals surface area (Å²) in [5.74, 6) is 0.0374. The predicted octanol–water partition coefficient (Wildman–Crippen LogP) is 4.59. The highest BCUT2D eigenvalue weighted by Crippen LogP contribution is 2.41. The van der Waals surface area contributed by atoms with Crippen LogP contribution in [0.1, 0.15) is 48.8 Å². The molecular weight excluding hydrogens is 402 g/mol. The Morgan fingerprint density at radius 2 is 1.97 bits per heavy atom. The summed E-state index contributed by atoms with van der Waals surface area (Å²) < 4.78 is 5.75. The number of carbonyl (C=O) groups is 2. The summed E-state index contributed by atoms with van der Waals surface area (Å²) in [5.41, 5.74) is 5.46. The second kappa shape index (κ2) is 9.30. The lowest BCUT2D eigenvalue weighted by atomic mass is 9.99. The standard InChI is InChI=1S/C22H25N3O4S/c1-13(2)17-11-18(24-28)14(3)10-19(17)29-12-20(26)23-25-21(27)15(4)30-22(25)16-8-6-5-7-9-16/h5-11,13,15,22H,12H2,1-4H3,(H,23,26). The number of hydrogen-bond donors (Lipinski definition) is 1. The molecule has 1 saturated heterocycles. The molecule has 1 fully saturated rings. The van der Waals surface area contributed by atoms with Crippen molar-refractivity contribution in [2.24, 2.45) is 5.18 Å². The normalized spacial score (nSPS) is 18.6. The number of amides is 2. The van der Waals surface area contributed by atoms with Crippen molar-refractivity contribution in [3.63, 3.8) is 0 Å². The maximum absolute atomic E-state index is 12.6. The molecule has 2 unspecified atom stereocenters. The largest absolute Gasteiger partial charge is 0.483 e. The molecule has 30 heavy (non-hydrogen) atoms. The van der Waals surface area contributed by atoms with Crippen LogP contribution in [0.15, 0.2) is 47.6 Å². The Morgan fingerprint density at radius 1 is 1.27 bits per heavy atom. The van der Waals surface area contributed by atoms with Crippen molar-refractivity contribution in [1.29, 1.82) is 0 Å². The van der Waals surface area contributed by atoms with Crippen LogP contribution >= 0.6 is 11.8 Å². The van der Waals surface area contributed by atoms with Gasteiger partial charge in [0, 0.05) is 0 Å². The minimum absolute atomic E-state index is 0.0871. The van der Waals surface area contributed by atoms with Gasteiger partial charge in [-0.05, 0) is 53.8 Å². The molecule has 7 nitrogen and oxygen atoms in total. The van der Waals surface area contributed by atoms with E-state index in [0.29, 0.717) is 17.0 Å². The third-order valence-electron chi connectivity index (χ3n) is 4.89. The summed E-state index contributed by atoms with van der Waals surface area (Å²) in [6, 6.07) is 13.0.